The van der Waals surface area contributed by atoms with Crippen LogP contribution in [0.15, 0.2) is 35.1 Å². The van der Waals surface area contributed by atoms with Gasteiger partial charge in [-0.25, -0.2) is 0 Å². The lowest BCUT2D eigenvalue weighted by molar-refractivity contribution is -0.136. The van der Waals surface area contributed by atoms with Gasteiger partial charge in [0.15, 0.2) is 6.61 Å². The Kier molecular flexibility index (Phi) is 3.96. The number of ether oxygens (including phenoxy) is 1. The maximum absolute atomic E-state index is 12.6. The molecule has 2 aliphatic rings. The van der Waals surface area contributed by atoms with Gasteiger partial charge in [-0.15, -0.1) is 10.2 Å². The van der Waals surface area contributed by atoms with Crippen LogP contribution in [0.3, 0.4) is 0 Å². The average molecular weight is 327 g/mol. The minimum atomic E-state index is 0.0703. The summed E-state index contributed by atoms with van der Waals surface area (Å²) in [6, 6.07) is 8.12. The number of benzene rings is 1. The molecular formula is C18H21N3O3. The average Bonchev–Trinajstić information content (AvgIpc) is 3.53. The summed E-state index contributed by atoms with van der Waals surface area (Å²) in [7, 11) is 0. The van der Waals surface area contributed by atoms with E-state index in [1.807, 2.05) is 24.3 Å². The van der Waals surface area contributed by atoms with Crippen molar-refractivity contribution < 1.29 is 13.9 Å². The second-order valence-electron chi connectivity index (χ2n) is 6.67. The molecule has 2 aliphatic carbocycles. The van der Waals surface area contributed by atoms with Gasteiger partial charge in [0.05, 0.1) is 0 Å². The fourth-order valence-electron chi connectivity index (χ4n) is 3.16. The van der Waals surface area contributed by atoms with Crippen molar-refractivity contribution in [3.8, 4) is 17.2 Å². The number of carbonyl (C=O) groups excluding carboxylic acids is 1. The summed E-state index contributed by atoms with van der Waals surface area (Å²) in [4.78, 5) is 14.7. The summed E-state index contributed by atoms with van der Waals surface area (Å²) in [5.74, 6) is 1.83. The highest BCUT2D eigenvalue weighted by atomic mass is 16.5. The first kappa shape index (κ1) is 15.2. The Labute approximate surface area is 140 Å². The van der Waals surface area contributed by atoms with Crippen molar-refractivity contribution >= 4 is 5.91 Å². The van der Waals surface area contributed by atoms with E-state index in [9.17, 15) is 4.79 Å². The lowest BCUT2D eigenvalue weighted by atomic mass is 10.1. The van der Waals surface area contributed by atoms with Crippen LogP contribution in [0.25, 0.3) is 11.5 Å². The van der Waals surface area contributed by atoms with Gasteiger partial charge in [-0.1, -0.05) is 6.07 Å². The largest absolute Gasteiger partial charge is 0.484 e. The fraction of sp³-hybridized carbons (Fsp3) is 0.500. The van der Waals surface area contributed by atoms with Crippen LogP contribution in [0.2, 0.25) is 0 Å². The molecule has 1 aromatic heterocycles. The lowest BCUT2D eigenvalue weighted by Crippen LogP contribution is -2.44. The van der Waals surface area contributed by atoms with E-state index in [2.05, 4.69) is 22.0 Å². The van der Waals surface area contributed by atoms with Crippen LogP contribution in [0.5, 0.6) is 5.75 Å². The standard InChI is InChI=1S/C18H21N3O3/c1-12(13-5-6-13)21(15-7-8-15)17(22)10-23-16-4-2-3-14(9-16)18-20-19-11-24-18/h2-4,9,11-13,15H,5-8,10H2,1H3. The van der Waals surface area contributed by atoms with E-state index in [0.29, 0.717) is 29.6 Å². The van der Waals surface area contributed by atoms with E-state index in [-0.39, 0.29) is 12.5 Å². The summed E-state index contributed by atoms with van der Waals surface area (Å²) in [6.45, 7) is 2.24. The molecule has 4 rings (SSSR count). The van der Waals surface area contributed by atoms with Gasteiger partial charge in [0.2, 0.25) is 12.3 Å². The van der Waals surface area contributed by atoms with E-state index in [4.69, 9.17) is 9.15 Å². The van der Waals surface area contributed by atoms with Gasteiger partial charge in [0, 0.05) is 17.6 Å². The molecule has 2 fully saturated rings. The van der Waals surface area contributed by atoms with Crippen molar-refractivity contribution in [1.29, 1.82) is 0 Å². The molecule has 1 atom stereocenters. The number of nitrogens with zero attached hydrogens (tertiary/aromatic N) is 3. The third-order valence-electron chi connectivity index (χ3n) is 4.77. The van der Waals surface area contributed by atoms with Crippen molar-refractivity contribution in [3.05, 3.63) is 30.7 Å². The normalized spacial score (nSPS) is 18.2. The van der Waals surface area contributed by atoms with Crippen LogP contribution in [-0.4, -0.2) is 39.7 Å². The summed E-state index contributed by atoms with van der Waals surface area (Å²) in [5.41, 5.74) is 0.780. The van der Waals surface area contributed by atoms with Crippen LogP contribution < -0.4 is 4.74 Å². The second kappa shape index (κ2) is 6.26. The summed E-state index contributed by atoms with van der Waals surface area (Å²) in [5, 5.41) is 7.56. The van der Waals surface area contributed by atoms with Crippen LogP contribution in [0.1, 0.15) is 32.6 Å². The highest BCUT2D eigenvalue weighted by Crippen LogP contribution is 2.39. The Bertz CT molecular complexity index is 708. The van der Waals surface area contributed by atoms with Crippen molar-refractivity contribution in [2.75, 3.05) is 6.61 Å². The molecule has 1 unspecified atom stereocenters. The number of carbonyl (C=O) groups is 1. The smallest absolute Gasteiger partial charge is 0.261 e. The molecule has 0 saturated heterocycles. The quantitative estimate of drug-likeness (QED) is 0.782. The van der Waals surface area contributed by atoms with Gasteiger partial charge in [-0.2, -0.15) is 0 Å². The molecule has 6 nitrogen and oxygen atoms in total. The Morgan fingerprint density at radius 2 is 2.21 bits per heavy atom. The van der Waals surface area contributed by atoms with Crippen molar-refractivity contribution in [1.82, 2.24) is 15.1 Å². The monoisotopic (exact) mass is 327 g/mol. The first-order chi connectivity index (χ1) is 11.7. The summed E-state index contributed by atoms with van der Waals surface area (Å²) >= 11 is 0. The molecule has 0 aliphatic heterocycles. The lowest BCUT2D eigenvalue weighted by Gasteiger charge is -2.29. The molecule has 2 aromatic rings. The zero-order valence-corrected chi connectivity index (χ0v) is 13.7. The Balaban J connectivity index is 1.40. The highest BCUT2D eigenvalue weighted by molar-refractivity contribution is 5.79. The van der Waals surface area contributed by atoms with Crippen LogP contribution >= 0.6 is 0 Å². The van der Waals surface area contributed by atoms with E-state index < -0.39 is 0 Å². The van der Waals surface area contributed by atoms with E-state index in [1.54, 1.807) is 0 Å². The molecule has 0 N–H and O–H groups in total. The fourth-order valence-corrected chi connectivity index (χ4v) is 3.16. The molecule has 126 valence electrons. The summed E-state index contributed by atoms with van der Waals surface area (Å²) < 4.78 is 10.9. The van der Waals surface area contributed by atoms with Gasteiger partial charge in [-0.3, -0.25) is 4.79 Å². The molecular weight excluding hydrogens is 306 g/mol. The minimum Gasteiger partial charge on any atom is -0.484 e. The number of hydrogen-bond acceptors (Lipinski definition) is 5. The molecule has 0 spiro atoms. The van der Waals surface area contributed by atoms with E-state index >= 15 is 0 Å². The maximum atomic E-state index is 12.6. The van der Waals surface area contributed by atoms with Gasteiger partial charge in [0.25, 0.3) is 5.91 Å². The zero-order chi connectivity index (χ0) is 16.5. The topological polar surface area (TPSA) is 68.5 Å². The minimum absolute atomic E-state index is 0.0703. The van der Waals surface area contributed by atoms with Gasteiger partial charge in [0.1, 0.15) is 5.75 Å². The zero-order valence-electron chi connectivity index (χ0n) is 13.7. The predicted octanol–water partition coefficient (Wildman–Crippen LogP) is 2.90. The number of hydrogen-bond donors (Lipinski definition) is 0. The van der Waals surface area contributed by atoms with Gasteiger partial charge < -0.3 is 14.1 Å². The molecule has 24 heavy (non-hydrogen) atoms. The van der Waals surface area contributed by atoms with E-state index in [0.717, 1.165) is 18.4 Å². The molecule has 1 amide bonds. The Morgan fingerprint density at radius 3 is 2.88 bits per heavy atom. The third-order valence-corrected chi connectivity index (χ3v) is 4.77. The Hall–Kier alpha value is -2.37. The van der Waals surface area contributed by atoms with Crippen molar-refractivity contribution in [2.24, 2.45) is 5.92 Å². The molecule has 0 bridgehead atoms. The van der Waals surface area contributed by atoms with Crippen LogP contribution in [-0.2, 0) is 4.79 Å². The molecule has 1 heterocycles. The first-order valence-electron chi connectivity index (χ1n) is 8.53. The van der Waals surface area contributed by atoms with Crippen LogP contribution in [0, 0.1) is 5.92 Å². The summed E-state index contributed by atoms with van der Waals surface area (Å²) in [6.07, 6.45) is 6.01. The van der Waals surface area contributed by atoms with Gasteiger partial charge in [-0.05, 0) is 56.7 Å². The van der Waals surface area contributed by atoms with Crippen LogP contribution in [0.4, 0.5) is 0 Å². The van der Waals surface area contributed by atoms with Gasteiger partial charge >= 0.3 is 0 Å². The predicted molar refractivity (Wildman–Crippen MR) is 87.3 cm³/mol. The molecule has 6 heteroatoms. The number of amides is 1. The van der Waals surface area contributed by atoms with Crippen molar-refractivity contribution in [3.63, 3.8) is 0 Å². The number of aromatic nitrogens is 2. The second-order valence-corrected chi connectivity index (χ2v) is 6.67. The van der Waals surface area contributed by atoms with Crippen molar-refractivity contribution in [2.45, 2.75) is 44.7 Å². The maximum Gasteiger partial charge on any atom is 0.261 e. The highest BCUT2D eigenvalue weighted by Gasteiger charge is 2.41. The Morgan fingerprint density at radius 1 is 1.38 bits per heavy atom. The molecule has 2 saturated carbocycles. The molecule has 0 radical (unpaired) electrons. The SMILES string of the molecule is CC(C1CC1)N(C(=O)COc1cccc(-c2nnco2)c1)C1CC1. The first-order valence-corrected chi connectivity index (χ1v) is 8.53. The van der Waals surface area contributed by atoms with E-state index in [1.165, 1.54) is 19.2 Å². The third kappa shape index (κ3) is 3.27. The molecule has 1 aromatic carbocycles. The number of rotatable bonds is 7.